The molecule has 2 N–H and O–H groups in total. The number of benzene rings is 1. The minimum absolute atomic E-state index is 0.212. The summed E-state index contributed by atoms with van der Waals surface area (Å²) in [6, 6.07) is 6.78. The highest BCUT2D eigenvalue weighted by atomic mass is 16.1. The first-order chi connectivity index (χ1) is 8.11. The lowest BCUT2D eigenvalue weighted by atomic mass is 10.1. The van der Waals surface area contributed by atoms with Crippen LogP contribution in [-0.4, -0.2) is 22.0 Å². The van der Waals surface area contributed by atoms with Gasteiger partial charge in [-0.3, -0.25) is 9.59 Å². The molecule has 0 unspecified atom stereocenters. The van der Waals surface area contributed by atoms with Gasteiger partial charge in [0.25, 0.3) is 5.91 Å². The number of aldehydes is 1. The van der Waals surface area contributed by atoms with Crippen LogP contribution in [0.3, 0.4) is 0 Å². The van der Waals surface area contributed by atoms with Gasteiger partial charge in [0.05, 0.1) is 5.69 Å². The van der Waals surface area contributed by atoms with Crippen LogP contribution in [0.1, 0.15) is 26.4 Å². The lowest BCUT2D eigenvalue weighted by Crippen LogP contribution is -2.12. The van der Waals surface area contributed by atoms with Crippen LogP contribution in [-0.2, 0) is 0 Å². The van der Waals surface area contributed by atoms with E-state index >= 15 is 0 Å². The summed E-state index contributed by atoms with van der Waals surface area (Å²) in [4.78, 5) is 21.5. The summed E-state index contributed by atoms with van der Waals surface area (Å²) >= 11 is 0. The van der Waals surface area contributed by atoms with Crippen molar-refractivity contribution in [2.75, 3.05) is 0 Å². The Hall–Kier alpha value is -2.43. The highest BCUT2D eigenvalue weighted by Gasteiger charge is 2.07. The Labute approximate surface area is 97.9 Å². The number of aromatic nitrogens is 2. The van der Waals surface area contributed by atoms with Gasteiger partial charge in [0, 0.05) is 11.8 Å². The predicted molar refractivity (Wildman–Crippen MR) is 62.2 cm³/mol. The third-order valence-corrected chi connectivity index (χ3v) is 2.45. The van der Waals surface area contributed by atoms with E-state index in [1.165, 1.54) is 0 Å². The van der Waals surface area contributed by atoms with Gasteiger partial charge >= 0.3 is 0 Å². The molecule has 0 radical (unpaired) electrons. The van der Waals surface area contributed by atoms with Crippen LogP contribution in [0.15, 0.2) is 30.5 Å². The molecule has 0 fully saturated rings. The van der Waals surface area contributed by atoms with E-state index in [1.54, 1.807) is 35.1 Å². The molecule has 5 nitrogen and oxygen atoms in total. The topological polar surface area (TPSA) is 78.0 Å². The second-order valence-electron chi connectivity index (χ2n) is 3.67. The maximum atomic E-state index is 10.9. The molecule has 0 bridgehead atoms. The molecule has 0 spiro atoms. The average Bonchev–Trinajstić information content (AvgIpc) is 2.78. The van der Waals surface area contributed by atoms with E-state index in [-0.39, 0.29) is 5.69 Å². The quantitative estimate of drug-likeness (QED) is 0.800. The number of carbonyl (C=O) groups is 2. The standard InChI is InChI=1S/C12H11N3O2/c1-8-6-9(7-16)2-3-11(8)15-5-4-10(14-15)12(13)17/h2-7H,1H3,(H2,13,17). The van der Waals surface area contributed by atoms with Gasteiger partial charge in [-0.15, -0.1) is 0 Å². The van der Waals surface area contributed by atoms with Gasteiger partial charge < -0.3 is 5.73 Å². The maximum Gasteiger partial charge on any atom is 0.269 e. The summed E-state index contributed by atoms with van der Waals surface area (Å²) in [5.74, 6) is -0.564. The zero-order valence-electron chi connectivity index (χ0n) is 9.25. The Morgan fingerprint density at radius 1 is 1.41 bits per heavy atom. The van der Waals surface area contributed by atoms with E-state index in [0.29, 0.717) is 5.56 Å². The van der Waals surface area contributed by atoms with E-state index < -0.39 is 5.91 Å². The van der Waals surface area contributed by atoms with E-state index in [9.17, 15) is 9.59 Å². The fraction of sp³-hybridized carbons (Fsp3) is 0.0833. The minimum Gasteiger partial charge on any atom is -0.364 e. The Morgan fingerprint density at radius 2 is 2.18 bits per heavy atom. The molecule has 17 heavy (non-hydrogen) atoms. The smallest absolute Gasteiger partial charge is 0.269 e. The number of amides is 1. The summed E-state index contributed by atoms with van der Waals surface area (Å²) in [6.45, 7) is 1.87. The van der Waals surface area contributed by atoms with Crippen LogP contribution >= 0.6 is 0 Å². The molecule has 1 aromatic heterocycles. The number of rotatable bonds is 3. The van der Waals surface area contributed by atoms with E-state index in [2.05, 4.69) is 5.10 Å². The zero-order chi connectivity index (χ0) is 12.4. The molecule has 2 rings (SSSR count). The first kappa shape index (κ1) is 11.1. The summed E-state index contributed by atoms with van der Waals surface area (Å²) in [6.07, 6.45) is 2.44. The molecule has 5 heteroatoms. The first-order valence-electron chi connectivity index (χ1n) is 5.03. The lowest BCUT2D eigenvalue weighted by molar-refractivity contribution is 0.0994. The molecule has 0 atom stereocenters. The van der Waals surface area contributed by atoms with Crippen molar-refractivity contribution in [1.29, 1.82) is 0 Å². The van der Waals surface area contributed by atoms with Crippen LogP contribution in [0, 0.1) is 6.92 Å². The van der Waals surface area contributed by atoms with Gasteiger partial charge in [-0.05, 0) is 36.8 Å². The van der Waals surface area contributed by atoms with Gasteiger partial charge in [-0.25, -0.2) is 4.68 Å². The van der Waals surface area contributed by atoms with Crippen molar-refractivity contribution in [1.82, 2.24) is 9.78 Å². The SMILES string of the molecule is Cc1cc(C=O)ccc1-n1ccc(C(N)=O)n1. The number of hydrogen-bond acceptors (Lipinski definition) is 3. The van der Waals surface area contributed by atoms with Crippen LogP contribution in [0.5, 0.6) is 0 Å². The molecular weight excluding hydrogens is 218 g/mol. The summed E-state index contributed by atoms with van der Waals surface area (Å²) < 4.78 is 1.56. The summed E-state index contributed by atoms with van der Waals surface area (Å²) in [7, 11) is 0. The third kappa shape index (κ3) is 2.08. The van der Waals surface area contributed by atoms with E-state index in [0.717, 1.165) is 17.5 Å². The highest BCUT2D eigenvalue weighted by Crippen LogP contribution is 2.14. The molecular formula is C12H11N3O2. The second-order valence-corrected chi connectivity index (χ2v) is 3.67. The zero-order valence-corrected chi connectivity index (χ0v) is 9.25. The molecule has 0 aliphatic carbocycles. The highest BCUT2D eigenvalue weighted by molar-refractivity contribution is 5.90. The minimum atomic E-state index is -0.564. The third-order valence-electron chi connectivity index (χ3n) is 2.45. The molecule has 86 valence electrons. The predicted octanol–water partition coefficient (Wildman–Crippen LogP) is 1.09. The van der Waals surface area contributed by atoms with Crippen molar-refractivity contribution in [3.63, 3.8) is 0 Å². The fourth-order valence-electron chi connectivity index (χ4n) is 1.60. The van der Waals surface area contributed by atoms with Gasteiger partial charge in [0.2, 0.25) is 0 Å². The molecule has 0 aliphatic heterocycles. The largest absolute Gasteiger partial charge is 0.364 e. The Kier molecular flexibility index (Phi) is 2.74. The molecule has 0 aliphatic rings. The molecule has 1 heterocycles. The van der Waals surface area contributed by atoms with E-state index in [4.69, 9.17) is 5.73 Å². The van der Waals surface area contributed by atoms with E-state index in [1.807, 2.05) is 6.92 Å². The molecule has 2 aromatic rings. The van der Waals surface area contributed by atoms with Crippen molar-refractivity contribution in [2.45, 2.75) is 6.92 Å². The summed E-state index contributed by atoms with van der Waals surface area (Å²) in [5.41, 5.74) is 7.65. The fourth-order valence-corrected chi connectivity index (χ4v) is 1.60. The Balaban J connectivity index is 2.45. The number of nitrogens with two attached hydrogens (primary N) is 1. The van der Waals surface area contributed by atoms with Crippen molar-refractivity contribution in [3.8, 4) is 5.69 Å². The second kappa shape index (κ2) is 4.21. The molecule has 1 amide bonds. The number of primary amides is 1. The maximum absolute atomic E-state index is 10.9. The van der Waals surface area contributed by atoms with Crippen molar-refractivity contribution in [2.24, 2.45) is 5.73 Å². The molecule has 0 saturated heterocycles. The number of hydrogen-bond donors (Lipinski definition) is 1. The van der Waals surface area contributed by atoms with Crippen molar-refractivity contribution in [3.05, 3.63) is 47.3 Å². The lowest BCUT2D eigenvalue weighted by Gasteiger charge is -2.05. The van der Waals surface area contributed by atoms with Gasteiger partial charge in [0.1, 0.15) is 12.0 Å². The number of aryl methyl sites for hydroxylation is 1. The van der Waals surface area contributed by atoms with Crippen LogP contribution in [0.25, 0.3) is 5.69 Å². The first-order valence-corrected chi connectivity index (χ1v) is 5.03. The average molecular weight is 229 g/mol. The van der Waals surface area contributed by atoms with Crippen LogP contribution < -0.4 is 5.73 Å². The van der Waals surface area contributed by atoms with Crippen molar-refractivity contribution < 1.29 is 9.59 Å². The Morgan fingerprint density at radius 3 is 2.71 bits per heavy atom. The Bertz CT molecular complexity index is 587. The van der Waals surface area contributed by atoms with Gasteiger partial charge in [-0.2, -0.15) is 5.10 Å². The van der Waals surface area contributed by atoms with Gasteiger partial charge in [-0.1, -0.05) is 0 Å². The number of carbonyl (C=O) groups excluding carboxylic acids is 2. The van der Waals surface area contributed by atoms with Crippen LogP contribution in [0.4, 0.5) is 0 Å². The molecule has 0 saturated carbocycles. The molecule has 1 aromatic carbocycles. The summed E-state index contributed by atoms with van der Waals surface area (Å²) in [5, 5.41) is 4.05. The normalized spacial score (nSPS) is 10.2. The van der Waals surface area contributed by atoms with Crippen molar-refractivity contribution >= 4 is 12.2 Å². The number of nitrogens with zero attached hydrogens (tertiary/aromatic N) is 2. The van der Waals surface area contributed by atoms with Crippen LogP contribution in [0.2, 0.25) is 0 Å². The monoisotopic (exact) mass is 229 g/mol. The van der Waals surface area contributed by atoms with Gasteiger partial charge in [0.15, 0.2) is 0 Å².